The highest BCUT2D eigenvalue weighted by molar-refractivity contribution is 5.61. The number of aromatic nitrogens is 2. The van der Waals surface area contributed by atoms with Crippen LogP contribution in [0.5, 0.6) is 0 Å². The van der Waals surface area contributed by atoms with Crippen molar-refractivity contribution in [2.45, 2.75) is 25.9 Å². The molecule has 3 rings (SSSR count). The van der Waals surface area contributed by atoms with E-state index < -0.39 is 0 Å². The van der Waals surface area contributed by atoms with Crippen LogP contribution in [0.4, 0.5) is 17.3 Å². The number of methoxy groups -OCH3 is 1. The lowest BCUT2D eigenvalue weighted by molar-refractivity contribution is 0.178. The molecule has 2 N–H and O–H groups in total. The number of aryl methyl sites for hydroxylation is 2. The second-order valence-corrected chi connectivity index (χ2v) is 5.20. The zero-order valence-electron chi connectivity index (χ0n) is 12.4. The summed E-state index contributed by atoms with van der Waals surface area (Å²) in [5.74, 6) is 2.22. The highest BCUT2D eigenvalue weighted by Crippen LogP contribution is 2.26. The summed E-state index contributed by atoms with van der Waals surface area (Å²) in [6.07, 6.45) is 3.63. The Balaban J connectivity index is 1.85. The van der Waals surface area contributed by atoms with Crippen LogP contribution in [0.25, 0.3) is 0 Å². The van der Waals surface area contributed by atoms with Crippen molar-refractivity contribution in [3.63, 3.8) is 0 Å². The van der Waals surface area contributed by atoms with E-state index in [1.807, 2.05) is 13.1 Å². The number of hydrogen-bond acceptors (Lipinski definition) is 5. The van der Waals surface area contributed by atoms with Crippen LogP contribution in [0.3, 0.4) is 0 Å². The molecule has 1 aliphatic carbocycles. The minimum Gasteiger partial charge on any atom is -0.377 e. The molecule has 0 fully saturated rings. The number of fused-ring (bicyclic) bond motifs is 1. The van der Waals surface area contributed by atoms with Gasteiger partial charge in [0.05, 0.1) is 0 Å². The average molecular weight is 284 g/mol. The highest BCUT2D eigenvalue weighted by Gasteiger charge is 2.11. The van der Waals surface area contributed by atoms with Gasteiger partial charge < -0.3 is 15.4 Å². The van der Waals surface area contributed by atoms with E-state index in [4.69, 9.17) is 4.74 Å². The SMILES string of the molecule is CNc1cc(Nc2ccc3c(c2)CCC3)nc(COC)n1. The second-order valence-electron chi connectivity index (χ2n) is 5.20. The van der Waals surface area contributed by atoms with Crippen molar-refractivity contribution in [1.29, 1.82) is 0 Å². The first-order chi connectivity index (χ1) is 10.3. The number of anilines is 3. The molecule has 0 bridgehead atoms. The maximum Gasteiger partial charge on any atom is 0.158 e. The number of nitrogens with one attached hydrogen (secondary N) is 2. The van der Waals surface area contributed by atoms with Crippen molar-refractivity contribution in [1.82, 2.24) is 9.97 Å². The summed E-state index contributed by atoms with van der Waals surface area (Å²) in [5, 5.41) is 6.41. The van der Waals surface area contributed by atoms with Crippen molar-refractivity contribution in [2.24, 2.45) is 0 Å². The molecule has 0 saturated carbocycles. The van der Waals surface area contributed by atoms with Crippen LogP contribution in [0.15, 0.2) is 24.3 Å². The smallest absolute Gasteiger partial charge is 0.158 e. The van der Waals surface area contributed by atoms with Crippen LogP contribution in [0.2, 0.25) is 0 Å². The Kier molecular flexibility index (Phi) is 4.01. The van der Waals surface area contributed by atoms with E-state index in [2.05, 4.69) is 38.8 Å². The molecular formula is C16H20N4O. The van der Waals surface area contributed by atoms with Gasteiger partial charge in [0.15, 0.2) is 5.82 Å². The second kappa shape index (κ2) is 6.10. The lowest BCUT2D eigenvalue weighted by Crippen LogP contribution is -2.04. The van der Waals surface area contributed by atoms with Crippen molar-refractivity contribution in [3.05, 3.63) is 41.2 Å². The van der Waals surface area contributed by atoms with Gasteiger partial charge >= 0.3 is 0 Å². The van der Waals surface area contributed by atoms with E-state index in [0.717, 1.165) is 17.3 Å². The van der Waals surface area contributed by atoms with Crippen LogP contribution in [-0.4, -0.2) is 24.1 Å². The summed E-state index contributed by atoms with van der Waals surface area (Å²) in [4.78, 5) is 8.83. The molecule has 5 nitrogen and oxygen atoms in total. The van der Waals surface area contributed by atoms with Gasteiger partial charge in [-0.15, -0.1) is 0 Å². The lowest BCUT2D eigenvalue weighted by atomic mass is 10.1. The monoisotopic (exact) mass is 284 g/mol. The maximum atomic E-state index is 5.11. The van der Waals surface area contributed by atoms with Crippen molar-refractivity contribution in [3.8, 4) is 0 Å². The third-order valence-corrected chi connectivity index (χ3v) is 3.67. The predicted octanol–water partition coefficient (Wildman–Crippen LogP) is 2.90. The third-order valence-electron chi connectivity index (χ3n) is 3.67. The topological polar surface area (TPSA) is 59.1 Å². The first-order valence-corrected chi connectivity index (χ1v) is 7.22. The van der Waals surface area contributed by atoms with E-state index in [0.29, 0.717) is 12.4 Å². The summed E-state index contributed by atoms with van der Waals surface area (Å²) in [6.45, 7) is 0.397. The van der Waals surface area contributed by atoms with Crippen LogP contribution < -0.4 is 10.6 Å². The molecule has 110 valence electrons. The molecule has 1 aliphatic rings. The molecular weight excluding hydrogens is 264 g/mol. The van der Waals surface area contributed by atoms with E-state index in [9.17, 15) is 0 Å². The fraction of sp³-hybridized carbons (Fsp3) is 0.375. The molecule has 0 spiro atoms. The van der Waals surface area contributed by atoms with Gasteiger partial charge in [-0.1, -0.05) is 6.07 Å². The number of benzene rings is 1. The van der Waals surface area contributed by atoms with Crippen molar-refractivity contribution >= 4 is 17.3 Å². The van der Waals surface area contributed by atoms with Gasteiger partial charge in [-0.05, 0) is 42.5 Å². The van der Waals surface area contributed by atoms with Gasteiger partial charge in [-0.2, -0.15) is 0 Å². The normalized spacial score (nSPS) is 13.0. The minimum absolute atomic E-state index is 0.397. The standard InChI is InChI=1S/C16H20N4O/c1-17-14-9-15(20-16(19-14)10-21-2)18-13-7-6-11-4-3-5-12(11)8-13/h6-9H,3-5,10H2,1-2H3,(H2,17,18,19,20). The Bertz CT molecular complexity index is 642. The fourth-order valence-corrected chi connectivity index (χ4v) is 2.68. The van der Waals surface area contributed by atoms with E-state index in [-0.39, 0.29) is 0 Å². The molecule has 0 saturated heterocycles. The van der Waals surface area contributed by atoms with Crippen molar-refractivity contribution in [2.75, 3.05) is 24.8 Å². The first-order valence-electron chi connectivity index (χ1n) is 7.22. The summed E-state index contributed by atoms with van der Waals surface area (Å²) >= 11 is 0. The number of nitrogens with zero attached hydrogens (tertiary/aromatic N) is 2. The summed E-state index contributed by atoms with van der Waals surface area (Å²) in [5.41, 5.74) is 3.99. The molecule has 0 atom stereocenters. The molecule has 2 aromatic rings. The van der Waals surface area contributed by atoms with Gasteiger partial charge in [0.25, 0.3) is 0 Å². The minimum atomic E-state index is 0.397. The molecule has 1 aromatic carbocycles. The summed E-state index contributed by atoms with van der Waals surface area (Å²) in [7, 11) is 3.49. The fourth-order valence-electron chi connectivity index (χ4n) is 2.68. The van der Waals surface area contributed by atoms with Gasteiger partial charge in [-0.3, -0.25) is 0 Å². The van der Waals surface area contributed by atoms with Gasteiger partial charge in [0.1, 0.15) is 18.2 Å². The molecule has 1 heterocycles. The molecule has 0 amide bonds. The molecule has 0 aliphatic heterocycles. The largest absolute Gasteiger partial charge is 0.377 e. The summed E-state index contributed by atoms with van der Waals surface area (Å²) < 4.78 is 5.11. The van der Waals surface area contributed by atoms with E-state index in [1.165, 1.54) is 30.4 Å². The van der Waals surface area contributed by atoms with E-state index in [1.54, 1.807) is 7.11 Å². The Hall–Kier alpha value is -2.14. The summed E-state index contributed by atoms with van der Waals surface area (Å²) in [6, 6.07) is 8.44. The lowest BCUT2D eigenvalue weighted by Gasteiger charge is -2.11. The maximum absolute atomic E-state index is 5.11. The Labute approximate surface area is 124 Å². The Morgan fingerprint density at radius 3 is 2.71 bits per heavy atom. The molecule has 21 heavy (non-hydrogen) atoms. The number of hydrogen-bond donors (Lipinski definition) is 2. The molecule has 0 unspecified atom stereocenters. The van der Waals surface area contributed by atoms with Crippen LogP contribution in [0, 0.1) is 0 Å². The zero-order chi connectivity index (χ0) is 14.7. The van der Waals surface area contributed by atoms with Gasteiger partial charge in [-0.25, -0.2) is 9.97 Å². The highest BCUT2D eigenvalue weighted by atomic mass is 16.5. The van der Waals surface area contributed by atoms with Crippen LogP contribution in [-0.2, 0) is 24.2 Å². The molecule has 5 heteroatoms. The van der Waals surface area contributed by atoms with Gasteiger partial charge in [0, 0.05) is 25.9 Å². The first kappa shape index (κ1) is 13.8. The van der Waals surface area contributed by atoms with Gasteiger partial charge in [0.2, 0.25) is 0 Å². The Morgan fingerprint density at radius 1 is 1.10 bits per heavy atom. The van der Waals surface area contributed by atoms with Crippen LogP contribution in [0.1, 0.15) is 23.4 Å². The zero-order valence-corrected chi connectivity index (χ0v) is 12.4. The quantitative estimate of drug-likeness (QED) is 0.884. The molecule has 1 aromatic heterocycles. The van der Waals surface area contributed by atoms with Crippen LogP contribution >= 0.6 is 0 Å². The van der Waals surface area contributed by atoms with E-state index >= 15 is 0 Å². The Morgan fingerprint density at radius 2 is 1.90 bits per heavy atom. The third kappa shape index (κ3) is 3.13. The number of rotatable bonds is 5. The predicted molar refractivity (Wildman–Crippen MR) is 84.0 cm³/mol. The average Bonchev–Trinajstić information content (AvgIpc) is 2.95. The molecule has 0 radical (unpaired) electrons. The van der Waals surface area contributed by atoms with Crippen molar-refractivity contribution < 1.29 is 4.74 Å². The number of ether oxygens (including phenoxy) is 1.